The average Bonchev–Trinajstić information content (AvgIpc) is 2.31. The van der Waals surface area contributed by atoms with Crippen molar-refractivity contribution in [1.82, 2.24) is 5.32 Å². The highest BCUT2D eigenvalue weighted by Gasteiger charge is 2.11. The Bertz CT molecular complexity index is 385. The van der Waals surface area contributed by atoms with Crippen LogP contribution in [0.25, 0.3) is 0 Å². The molecule has 0 saturated carbocycles. The van der Waals surface area contributed by atoms with Crippen molar-refractivity contribution in [3.8, 4) is 5.75 Å². The van der Waals surface area contributed by atoms with Crippen molar-refractivity contribution in [2.45, 2.75) is 26.4 Å². The maximum absolute atomic E-state index is 5.68. The minimum Gasteiger partial charge on any atom is -0.492 e. The van der Waals surface area contributed by atoms with E-state index in [0.29, 0.717) is 19.3 Å². The lowest BCUT2D eigenvalue weighted by atomic mass is 10.2. The van der Waals surface area contributed by atoms with E-state index in [1.807, 2.05) is 13.0 Å². The van der Waals surface area contributed by atoms with Gasteiger partial charge in [0.2, 0.25) is 0 Å². The van der Waals surface area contributed by atoms with Gasteiger partial charge in [-0.3, -0.25) is 0 Å². The zero-order valence-corrected chi connectivity index (χ0v) is 14.1. The highest BCUT2D eigenvalue weighted by atomic mass is 79.9. The van der Waals surface area contributed by atoms with Gasteiger partial charge < -0.3 is 14.8 Å². The van der Waals surface area contributed by atoms with E-state index >= 15 is 0 Å². The molecule has 1 atom stereocenters. The van der Waals surface area contributed by atoms with Crippen LogP contribution in [0.15, 0.2) is 21.1 Å². The summed E-state index contributed by atoms with van der Waals surface area (Å²) in [5.41, 5.74) is 1.13. The third-order valence-electron chi connectivity index (χ3n) is 2.43. The van der Waals surface area contributed by atoms with Crippen LogP contribution in [0.2, 0.25) is 0 Å². The molecule has 0 aliphatic carbocycles. The lowest BCUT2D eigenvalue weighted by Gasteiger charge is -2.16. The van der Waals surface area contributed by atoms with Crippen molar-refractivity contribution < 1.29 is 9.47 Å². The Morgan fingerprint density at radius 2 is 2.06 bits per heavy atom. The van der Waals surface area contributed by atoms with Gasteiger partial charge in [-0.05, 0) is 41.9 Å². The van der Waals surface area contributed by atoms with E-state index in [9.17, 15) is 0 Å². The number of hydrogen-bond acceptors (Lipinski definition) is 3. The van der Waals surface area contributed by atoms with E-state index in [2.05, 4.69) is 50.2 Å². The van der Waals surface area contributed by atoms with E-state index in [1.54, 1.807) is 7.11 Å². The molecule has 0 aliphatic rings. The van der Waals surface area contributed by atoms with Gasteiger partial charge in [-0.1, -0.05) is 15.9 Å². The summed E-state index contributed by atoms with van der Waals surface area (Å²) in [5, 5.41) is 3.41. The molecule has 0 spiro atoms. The first-order chi connectivity index (χ1) is 8.58. The number of benzene rings is 1. The molecule has 0 aromatic heterocycles. The Hall–Kier alpha value is -0.100. The molecule has 0 aliphatic heterocycles. The molecule has 18 heavy (non-hydrogen) atoms. The Balaban J connectivity index is 2.79. The molecule has 3 nitrogen and oxygen atoms in total. The Morgan fingerprint density at radius 3 is 2.67 bits per heavy atom. The third-order valence-corrected chi connectivity index (χ3v) is 3.48. The molecule has 0 saturated heterocycles. The molecule has 102 valence electrons. The molecule has 0 fully saturated rings. The van der Waals surface area contributed by atoms with Gasteiger partial charge in [0.15, 0.2) is 0 Å². The molecule has 1 rings (SSSR count). The topological polar surface area (TPSA) is 30.5 Å². The zero-order chi connectivity index (χ0) is 13.5. The maximum atomic E-state index is 5.68. The molecule has 1 aromatic rings. The quantitative estimate of drug-likeness (QED) is 0.781. The Labute approximate surface area is 125 Å². The summed E-state index contributed by atoms with van der Waals surface area (Å²) >= 11 is 7.03. The van der Waals surface area contributed by atoms with Crippen LogP contribution >= 0.6 is 31.9 Å². The summed E-state index contributed by atoms with van der Waals surface area (Å²) in [6.07, 6.45) is 0. The normalized spacial score (nSPS) is 12.5. The second kappa shape index (κ2) is 8.15. The first kappa shape index (κ1) is 16.0. The molecule has 1 unspecified atom stereocenters. The van der Waals surface area contributed by atoms with Crippen molar-refractivity contribution in [3.63, 3.8) is 0 Å². The number of ether oxygens (including phenoxy) is 2. The van der Waals surface area contributed by atoms with E-state index in [4.69, 9.17) is 9.47 Å². The first-order valence-electron chi connectivity index (χ1n) is 5.91. The van der Waals surface area contributed by atoms with Gasteiger partial charge in [0.25, 0.3) is 0 Å². The van der Waals surface area contributed by atoms with Gasteiger partial charge >= 0.3 is 0 Å². The number of rotatable bonds is 7. The van der Waals surface area contributed by atoms with Crippen LogP contribution in [0.1, 0.15) is 19.4 Å². The van der Waals surface area contributed by atoms with Gasteiger partial charge in [0.1, 0.15) is 5.75 Å². The number of hydrogen-bond donors (Lipinski definition) is 1. The van der Waals surface area contributed by atoms with Crippen LogP contribution in [0.3, 0.4) is 0 Å². The molecule has 0 bridgehead atoms. The molecule has 5 heteroatoms. The molecule has 0 amide bonds. The molecule has 0 radical (unpaired) electrons. The fourth-order valence-corrected chi connectivity index (χ4v) is 3.07. The number of methoxy groups -OCH3 is 1. The molecule has 0 heterocycles. The van der Waals surface area contributed by atoms with Crippen molar-refractivity contribution in [1.29, 1.82) is 0 Å². The lowest BCUT2D eigenvalue weighted by Crippen LogP contribution is -2.29. The van der Waals surface area contributed by atoms with Crippen molar-refractivity contribution in [2.24, 2.45) is 0 Å². The maximum Gasteiger partial charge on any atom is 0.138 e. The Morgan fingerprint density at radius 1 is 1.33 bits per heavy atom. The van der Waals surface area contributed by atoms with E-state index in [1.165, 1.54) is 0 Å². The van der Waals surface area contributed by atoms with E-state index in [-0.39, 0.29) is 0 Å². The van der Waals surface area contributed by atoms with Crippen LogP contribution in [-0.2, 0) is 11.3 Å². The summed E-state index contributed by atoms with van der Waals surface area (Å²) in [6, 6.07) is 4.37. The number of nitrogens with one attached hydrogen (secondary N) is 1. The predicted octanol–water partition coefficient (Wildman–Crippen LogP) is 3.73. The Kier molecular flexibility index (Phi) is 7.22. The van der Waals surface area contributed by atoms with Gasteiger partial charge in [0.05, 0.1) is 17.7 Å². The van der Waals surface area contributed by atoms with Crippen LogP contribution in [-0.4, -0.2) is 26.4 Å². The summed E-state index contributed by atoms with van der Waals surface area (Å²) in [7, 11) is 1.71. The fraction of sp³-hybridized carbons (Fsp3) is 0.538. The first-order valence-corrected chi connectivity index (χ1v) is 7.50. The minimum atomic E-state index is 0.308. The van der Waals surface area contributed by atoms with Gasteiger partial charge in [-0.2, -0.15) is 0 Å². The highest BCUT2D eigenvalue weighted by molar-refractivity contribution is 9.11. The summed E-state index contributed by atoms with van der Waals surface area (Å²) in [6.45, 7) is 6.17. The highest BCUT2D eigenvalue weighted by Crippen LogP contribution is 2.33. The average molecular weight is 381 g/mol. The van der Waals surface area contributed by atoms with Crippen LogP contribution in [0.4, 0.5) is 0 Å². The fourth-order valence-electron chi connectivity index (χ4n) is 1.64. The lowest BCUT2D eigenvalue weighted by molar-refractivity contribution is 0.171. The van der Waals surface area contributed by atoms with Gasteiger partial charge in [-0.15, -0.1) is 0 Å². The summed E-state index contributed by atoms with van der Waals surface area (Å²) in [5.74, 6) is 0.901. The second-order valence-electron chi connectivity index (χ2n) is 4.05. The SMILES string of the molecule is CCOc1c(Br)cc(Br)cc1CNC(C)COC. The summed E-state index contributed by atoms with van der Waals surface area (Å²) < 4.78 is 12.8. The molecular weight excluding hydrogens is 362 g/mol. The van der Waals surface area contributed by atoms with Crippen molar-refractivity contribution >= 4 is 31.9 Å². The van der Waals surface area contributed by atoms with Crippen LogP contribution in [0, 0.1) is 0 Å². The molecular formula is C13H19Br2NO2. The second-order valence-corrected chi connectivity index (χ2v) is 5.82. The van der Waals surface area contributed by atoms with Crippen LogP contribution in [0.5, 0.6) is 5.75 Å². The third kappa shape index (κ3) is 4.88. The standard InChI is InChI=1S/C13H19Br2NO2/c1-4-18-13-10(5-11(14)6-12(13)15)7-16-9(2)8-17-3/h5-6,9,16H,4,7-8H2,1-3H3. The largest absolute Gasteiger partial charge is 0.492 e. The number of halogens is 2. The minimum absolute atomic E-state index is 0.308. The predicted molar refractivity (Wildman–Crippen MR) is 81.2 cm³/mol. The van der Waals surface area contributed by atoms with Crippen molar-refractivity contribution in [3.05, 3.63) is 26.6 Å². The molecule has 1 aromatic carbocycles. The monoisotopic (exact) mass is 379 g/mol. The van der Waals surface area contributed by atoms with Crippen molar-refractivity contribution in [2.75, 3.05) is 20.3 Å². The van der Waals surface area contributed by atoms with Gasteiger partial charge in [-0.25, -0.2) is 0 Å². The van der Waals surface area contributed by atoms with Gasteiger partial charge in [0, 0.05) is 29.7 Å². The summed E-state index contributed by atoms with van der Waals surface area (Å²) in [4.78, 5) is 0. The zero-order valence-electron chi connectivity index (χ0n) is 10.9. The van der Waals surface area contributed by atoms with Crippen LogP contribution < -0.4 is 10.1 Å². The smallest absolute Gasteiger partial charge is 0.138 e. The van der Waals surface area contributed by atoms with E-state index < -0.39 is 0 Å². The molecule has 1 N–H and O–H groups in total. The van der Waals surface area contributed by atoms with E-state index in [0.717, 1.165) is 26.8 Å².